The van der Waals surface area contributed by atoms with Crippen LogP contribution in [-0.4, -0.2) is 61.0 Å². The molecule has 2 N–H and O–H groups in total. The number of aromatic nitrogens is 4. The highest BCUT2D eigenvalue weighted by Crippen LogP contribution is 2.19. The fourth-order valence-electron chi connectivity index (χ4n) is 2.01. The summed E-state index contributed by atoms with van der Waals surface area (Å²) in [6, 6.07) is 1.60. The van der Waals surface area contributed by atoms with Gasteiger partial charge >= 0.3 is 11.8 Å². The molecule has 22 heavy (non-hydrogen) atoms. The molecule has 0 atom stereocenters. The number of nitrogens with zero attached hydrogens (tertiary/aromatic N) is 6. The fourth-order valence-corrected chi connectivity index (χ4v) is 2.01. The summed E-state index contributed by atoms with van der Waals surface area (Å²) in [7, 11) is 0. The lowest BCUT2D eigenvalue weighted by Gasteiger charge is -2.21. The van der Waals surface area contributed by atoms with E-state index in [2.05, 4.69) is 15.0 Å². The molecule has 0 aliphatic carbocycles. The van der Waals surface area contributed by atoms with Crippen LogP contribution in [0.3, 0.4) is 0 Å². The van der Waals surface area contributed by atoms with Crippen molar-refractivity contribution >= 4 is 11.6 Å². The Labute approximate surface area is 125 Å². The van der Waals surface area contributed by atoms with Crippen LogP contribution < -0.4 is 4.90 Å². The zero-order valence-electron chi connectivity index (χ0n) is 12.0. The van der Waals surface area contributed by atoms with Gasteiger partial charge in [0.05, 0.1) is 13.2 Å². The molecule has 0 radical (unpaired) electrons. The maximum atomic E-state index is 11.0. The van der Waals surface area contributed by atoms with Gasteiger partial charge in [0.2, 0.25) is 5.82 Å². The van der Waals surface area contributed by atoms with Crippen molar-refractivity contribution in [2.75, 3.05) is 31.2 Å². The first kappa shape index (κ1) is 15.8. The minimum atomic E-state index is -0.560. The molecule has 0 spiro atoms. The van der Waals surface area contributed by atoms with Gasteiger partial charge in [-0.05, 0) is 11.0 Å². The Hall–Kier alpha value is -2.59. The monoisotopic (exact) mass is 308 g/mol. The number of aryl methyl sites for hydroxylation is 1. The van der Waals surface area contributed by atoms with E-state index >= 15 is 0 Å². The first-order valence-electron chi connectivity index (χ1n) is 6.57. The van der Waals surface area contributed by atoms with Gasteiger partial charge in [-0.2, -0.15) is 9.97 Å². The van der Waals surface area contributed by atoms with E-state index in [0.717, 1.165) is 6.20 Å². The van der Waals surface area contributed by atoms with Crippen LogP contribution in [0.1, 0.15) is 5.82 Å². The molecular weight excluding hydrogens is 292 g/mol. The summed E-state index contributed by atoms with van der Waals surface area (Å²) in [5.74, 6) is 0.723. The molecule has 0 unspecified atom stereocenters. The van der Waals surface area contributed by atoms with Crippen LogP contribution in [0.5, 0.6) is 0 Å². The van der Waals surface area contributed by atoms with Crippen molar-refractivity contribution < 1.29 is 15.1 Å². The smallest absolute Gasteiger partial charge is 0.350 e. The highest BCUT2D eigenvalue weighted by Gasteiger charge is 2.22. The number of rotatable bonds is 7. The Morgan fingerprint density at radius 3 is 2.59 bits per heavy atom. The van der Waals surface area contributed by atoms with Crippen LogP contribution in [0, 0.1) is 17.0 Å². The molecule has 0 aliphatic rings. The van der Waals surface area contributed by atoms with Crippen LogP contribution >= 0.6 is 0 Å². The Kier molecular flexibility index (Phi) is 4.96. The number of aliphatic hydroxyl groups excluding tert-OH is 2. The molecule has 2 rings (SSSR count). The van der Waals surface area contributed by atoms with Crippen molar-refractivity contribution in [1.29, 1.82) is 0 Å². The van der Waals surface area contributed by atoms with E-state index in [-0.39, 0.29) is 38.1 Å². The lowest BCUT2D eigenvalue weighted by molar-refractivity contribution is -0.391. The van der Waals surface area contributed by atoms with E-state index in [1.54, 1.807) is 17.9 Å². The summed E-state index contributed by atoms with van der Waals surface area (Å²) in [6.45, 7) is 1.96. The summed E-state index contributed by atoms with van der Waals surface area (Å²) in [4.78, 5) is 24.4. The standard InChI is InChI=1S/C12H16N6O4/c1-9-14-8-11(18(21)22)17(9)12-13-3-2-10(15-12)16(4-6-19)5-7-20/h2-3,8,19-20H,4-7H2,1H3. The summed E-state index contributed by atoms with van der Waals surface area (Å²) in [6.07, 6.45) is 2.60. The summed E-state index contributed by atoms with van der Waals surface area (Å²) in [5, 5.41) is 29.2. The second-order valence-corrected chi connectivity index (χ2v) is 4.41. The lowest BCUT2D eigenvalue weighted by atomic mass is 10.4. The Balaban J connectivity index is 2.44. The van der Waals surface area contributed by atoms with Gasteiger partial charge in [-0.1, -0.05) is 0 Å². The molecule has 10 heteroatoms. The zero-order chi connectivity index (χ0) is 16.1. The van der Waals surface area contributed by atoms with E-state index in [4.69, 9.17) is 10.2 Å². The second kappa shape index (κ2) is 6.91. The van der Waals surface area contributed by atoms with Crippen LogP contribution in [0.4, 0.5) is 11.6 Å². The van der Waals surface area contributed by atoms with Gasteiger partial charge in [-0.25, -0.2) is 4.98 Å². The van der Waals surface area contributed by atoms with E-state index in [1.165, 1.54) is 10.8 Å². The molecule has 0 aromatic carbocycles. The van der Waals surface area contributed by atoms with Crippen molar-refractivity contribution in [2.45, 2.75) is 6.92 Å². The quantitative estimate of drug-likeness (QED) is 0.525. The van der Waals surface area contributed by atoms with Gasteiger partial charge in [-0.15, -0.1) is 4.57 Å². The van der Waals surface area contributed by atoms with Crippen LogP contribution in [-0.2, 0) is 0 Å². The Morgan fingerprint density at radius 1 is 1.32 bits per heavy atom. The third-order valence-corrected chi connectivity index (χ3v) is 3.00. The maximum absolute atomic E-state index is 11.0. The number of anilines is 1. The number of aliphatic hydroxyl groups is 2. The number of nitro groups is 1. The third kappa shape index (κ3) is 3.18. The zero-order valence-corrected chi connectivity index (χ0v) is 12.0. The van der Waals surface area contributed by atoms with Gasteiger partial charge < -0.3 is 25.2 Å². The van der Waals surface area contributed by atoms with Crippen molar-refractivity contribution in [1.82, 2.24) is 19.5 Å². The van der Waals surface area contributed by atoms with E-state index in [1.807, 2.05) is 0 Å². The molecule has 2 aromatic heterocycles. The van der Waals surface area contributed by atoms with Crippen LogP contribution in [0.2, 0.25) is 0 Å². The normalized spacial score (nSPS) is 10.7. The van der Waals surface area contributed by atoms with E-state index in [0.29, 0.717) is 11.6 Å². The fraction of sp³-hybridized carbons (Fsp3) is 0.417. The highest BCUT2D eigenvalue weighted by molar-refractivity contribution is 5.41. The van der Waals surface area contributed by atoms with E-state index < -0.39 is 4.92 Å². The van der Waals surface area contributed by atoms with Crippen molar-refractivity contribution in [3.05, 3.63) is 34.4 Å². The first-order chi connectivity index (χ1) is 10.6. The summed E-state index contributed by atoms with van der Waals surface area (Å²) in [5.41, 5.74) is 0. The second-order valence-electron chi connectivity index (χ2n) is 4.41. The molecule has 118 valence electrons. The Morgan fingerprint density at radius 2 is 2.00 bits per heavy atom. The predicted octanol–water partition coefficient (Wildman–Crippen LogP) is -0.330. The topological polar surface area (TPSA) is 130 Å². The van der Waals surface area contributed by atoms with Crippen molar-refractivity contribution in [3.63, 3.8) is 0 Å². The molecule has 0 amide bonds. The minimum Gasteiger partial charge on any atom is -0.395 e. The first-order valence-corrected chi connectivity index (χ1v) is 6.57. The van der Waals surface area contributed by atoms with Gasteiger partial charge in [0.15, 0.2) is 0 Å². The largest absolute Gasteiger partial charge is 0.395 e. The molecule has 0 saturated heterocycles. The van der Waals surface area contributed by atoms with Crippen molar-refractivity contribution in [2.24, 2.45) is 0 Å². The number of hydrogen-bond acceptors (Lipinski definition) is 8. The van der Waals surface area contributed by atoms with Crippen LogP contribution in [0.15, 0.2) is 18.5 Å². The molecule has 2 aromatic rings. The van der Waals surface area contributed by atoms with Gasteiger partial charge in [0.25, 0.3) is 0 Å². The lowest BCUT2D eigenvalue weighted by Crippen LogP contribution is -2.30. The molecule has 0 fully saturated rings. The summed E-state index contributed by atoms with van der Waals surface area (Å²) < 4.78 is 1.24. The number of imidazole rings is 1. The maximum Gasteiger partial charge on any atom is 0.350 e. The van der Waals surface area contributed by atoms with E-state index in [9.17, 15) is 10.1 Å². The predicted molar refractivity (Wildman–Crippen MR) is 76.9 cm³/mol. The van der Waals surface area contributed by atoms with Gasteiger partial charge in [-0.3, -0.25) is 0 Å². The Bertz CT molecular complexity index is 653. The molecule has 0 bridgehead atoms. The molecular formula is C12H16N6O4. The molecule has 0 saturated carbocycles. The SMILES string of the molecule is Cc1ncc([N+](=O)[O-])n1-c1nccc(N(CCO)CCO)n1. The molecule has 10 nitrogen and oxygen atoms in total. The molecule has 0 aliphatic heterocycles. The van der Waals surface area contributed by atoms with Gasteiger partial charge in [0.1, 0.15) is 12.0 Å². The van der Waals surface area contributed by atoms with Gasteiger partial charge in [0, 0.05) is 26.2 Å². The average Bonchev–Trinajstić information content (AvgIpc) is 2.89. The summed E-state index contributed by atoms with van der Waals surface area (Å²) >= 11 is 0. The van der Waals surface area contributed by atoms with Crippen molar-refractivity contribution in [3.8, 4) is 5.95 Å². The molecule has 2 heterocycles. The highest BCUT2D eigenvalue weighted by atomic mass is 16.6. The minimum absolute atomic E-state index is 0.108. The average molecular weight is 308 g/mol. The number of hydrogen-bond donors (Lipinski definition) is 2. The third-order valence-electron chi connectivity index (χ3n) is 3.00. The van der Waals surface area contributed by atoms with Crippen LogP contribution in [0.25, 0.3) is 5.95 Å².